The Balaban J connectivity index is 2.07. The zero-order chi connectivity index (χ0) is 15.8. The fourth-order valence-electron chi connectivity index (χ4n) is 2.57. The lowest BCUT2D eigenvalue weighted by Crippen LogP contribution is -2.24. The minimum atomic E-state index is 0.0110. The highest BCUT2D eigenvalue weighted by Crippen LogP contribution is 2.26. The van der Waals surface area contributed by atoms with Gasteiger partial charge in [0.15, 0.2) is 0 Å². The second-order valence-corrected chi connectivity index (χ2v) is 5.88. The minimum Gasteiger partial charge on any atom is -0.367 e. The van der Waals surface area contributed by atoms with Crippen LogP contribution in [0.4, 0.5) is 0 Å². The molecule has 22 heavy (non-hydrogen) atoms. The standard InChI is InChI=1S/C20H27NO/c1-4-14-21(3)15-16-22-20(18-8-6-5-7-9-18)19-12-10-17(2)11-13-19/h5-13,20H,4,14-16H2,1-3H3. The van der Waals surface area contributed by atoms with E-state index in [0.29, 0.717) is 0 Å². The van der Waals surface area contributed by atoms with Crippen LogP contribution in [0.2, 0.25) is 0 Å². The van der Waals surface area contributed by atoms with Crippen molar-refractivity contribution in [1.29, 1.82) is 0 Å². The Morgan fingerprint density at radius 1 is 0.909 bits per heavy atom. The molecule has 0 heterocycles. The molecule has 0 aliphatic rings. The SMILES string of the molecule is CCCN(C)CCOC(c1ccccc1)c1ccc(C)cc1. The molecule has 0 aliphatic heterocycles. The number of rotatable bonds is 8. The van der Waals surface area contributed by atoms with Crippen molar-refractivity contribution >= 4 is 0 Å². The molecule has 0 aromatic heterocycles. The second-order valence-electron chi connectivity index (χ2n) is 5.88. The molecule has 0 N–H and O–H groups in total. The van der Waals surface area contributed by atoms with E-state index in [-0.39, 0.29) is 6.10 Å². The van der Waals surface area contributed by atoms with Crippen LogP contribution in [0.5, 0.6) is 0 Å². The lowest BCUT2D eigenvalue weighted by molar-refractivity contribution is 0.0648. The quantitative estimate of drug-likeness (QED) is 0.714. The largest absolute Gasteiger partial charge is 0.367 e. The third-order valence-electron chi connectivity index (χ3n) is 3.85. The molecule has 0 amide bonds. The summed E-state index contributed by atoms with van der Waals surface area (Å²) in [5.41, 5.74) is 3.71. The molecule has 1 atom stereocenters. The number of likely N-dealkylation sites (N-methyl/N-ethyl adjacent to an activating group) is 1. The molecule has 0 aliphatic carbocycles. The Bertz CT molecular complexity index is 535. The summed E-state index contributed by atoms with van der Waals surface area (Å²) in [7, 11) is 2.15. The van der Waals surface area contributed by atoms with Gasteiger partial charge in [-0.25, -0.2) is 0 Å². The molecule has 118 valence electrons. The van der Waals surface area contributed by atoms with Gasteiger partial charge in [-0.15, -0.1) is 0 Å². The predicted molar refractivity (Wildman–Crippen MR) is 93.2 cm³/mol. The van der Waals surface area contributed by atoms with Gasteiger partial charge in [0.1, 0.15) is 6.10 Å². The maximum Gasteiger partial charge on any atom is 0.108 e. The third-order valence-corrected chi connectivity index (χ3v) is 3.85. The van der Waals surface area contributed by atoms with Crippen LogP contribution < -0.4 is 0 Å². The first-order chi connectivity index (χ1) is 10.7. The molecule has 0 saturated heterocycles. The molecule has 2 aromatic carbocycles. The van der Waals surface area contributed by atoms with E-state index in [1.54, 1.807) is 0 Å². The summed E-state index contributed by atoms with van der Waals surface area (Å²) < 4.78 is 6.23. The molecule has 1 unspecified atom stereocenters. The van der Waals surface area contributed by atoms with Gasteiger partial charge in [-0.1, -0.05) is 67.1 Å². The molecule has 2 aromatic rings. The van der Waals surface area contributed by atoms with Crippen molar-refractivity contribution in [3.8, 4) is 0 Å². The van der Waals surface area contributed by atoms with Crippen molar-refractivity contribution in [2.45, 2.75) is 26.4 Å². The first-order valence-electron chi connectivity index (χ1n) is 8.12. The first-order valence-corrected chi connectivity index (χ1v) is 8.12. The van der Waals surface area contributed by atoms with E-state index in [4.69, 9.17) is 4.74 Å². The molecule has 2 heteroatoms. The van der Waals surface area contributed by atoms with Gasteiger partial charge in [0.2, 0.25) is 0 Å². The molecule has 0 saturated carbocycles. The topological polar surface area (TPSA) is 12.5 Å². The van der Waals surface area contributed by atoms with Crippen LogP contribution in [0.25, 0.3) is 0 Å². The van der Waals surface area contributed by atoms with Gasteiger partial charge in [-0.05, 0) is 38.1 Å². The van der Waals surface area contributed by atoms with Crippen molar-refractivity contribution in [3.05, 3.63) is 71.3 Å². The molecule has 0 bridgehead atoms. The number of nitrogens with zero attached hydrogens (tertiary/aromatic N) is 1. The summed E-state index contributed by atoms with van der Waals surface area (Å²) in [5, 5.41) is 0. The van der Waals surface area contributed by atoms with E-state index in [0.717, 1.165) is 19.7 Å². The van der Waals surface area contributed by atoms with Crippen LogP contribution in [-0.4, -0.2) is 31.6 Å². The molecule has 2 nitrogen and oxygen atoms in total. The molecule has 0 radical (unpaired) electrons. The van der Waals surface area contributed by atoms with Crippen LogP contribution in [0, 0.1) is 6.92 Å². The van der Waals surface area contributed by atoms with Crippen molar-refractivity contribution in [2.24, 2.45) is 0 Å². The number of aryl methyl sites for hydroxylation is 1. The lowest BCUT2D eigenvalue weighted by atomic mass is 10.0. The average molecular weight is 297 g/mol. The second kappa shape index (κ2) is 8.72. The Labute approximate surface area is 134 Å². The predicted octanol–water partition coefficient (Wildman–Crippen LogP) is 4.44. The van der Waals surface area contributed by atoms with Gasteiger partial charge in [0.25, 0.3) is 0 Å². The van der Waals surface area contributed by atoms with Crippen molar-refractivity contribution in [3.63, 3.8) is 0 Å². The van der Waals surface area contributed by atoms with Gasteiger partial charge in [-0.3, -0.25) is 0 Å². The van der Waals surface area contributed by atoms with Gasteiger partial charge in [-0.2, -0.15) is 0 Å². The van der Waals surface area contributed by atoms with E-state index >= 15 is 0 Å². The van der Waals surface area contributed by atoms with Crippen LogP contribution in [0.15, 0.2) is 54.6 Å². The number of benzene rings is 2. The van der Waals surface area contributed by atoms with E-state index in [1.165, 1.54) is 23.1 Å². The summed E-state index contributed by atoms with van der Waals surface area (Å²) >= 11 is 0. The fraction of sp³-hybridized carbons (Fsp3) is 0.400. The van der Waals surface area contributed by atoms with Gasteiger partial charge < -0.3 is 9.64 Å². The highest BCUT2D eigenvalue weighted by Gasteiger charge is 2.14. The maximum absolute atomic E-state index is 6.23. The lowest BCUT2D eigenvalue weighted by Gasteiger charge is -2.22. The van der Waals surface area contributed by atoms with Gasteiger partial charge in [0, 0.05) is 6.54 Å². The summed E-state index contributed by atoms with van der Waals surface area (Å²) in [6.07, 6.45) is 1.19. The van der Waals surface area contributed by atoms with E-state index in [9.17, 15) is 0 Å². The summed E-state index contributed by atoms with van der Waals surface area (Å²) in [4.78, 5) is 2.32. The zero-order valence-corrected chi connectivity index (χ0v) is 14.0. The Morgan fingerprint density at radius 2 is 1.55 bits per heavy atom. The molecular weight excluding hydrogens is 270 g/mol. The zero-order valence-electron chi connectivity index (χ0n) is 14.0. The first kappa shape index (κ1) is 16.7. The van der Waals surface area contributed by atoms with Gasteiger partial charge in [0.05, 0.1) is 6.61 Å². The monoisotopic (exact) mass is 297 g/mol. The number of hydrogen-bond acceptors (Lipinski definition) is 2. The smallest absolute Gasteiger partial charge is 0.108 e. The van der Waals surface area contributed by atoms with Crippen molar-refractivity contribution in [1.82, 2.24) is 4.90 Å². The fourth-order valence-corrected chi connectivity index (χ4v) is 2.57. The molecule has 0 spiro atoms. The summed E-state index contributed by atoms with van der Waals surface area (Å²) in [6.45, 7) is 7.13. The molecular formula is C20H27NO. The Hall–Kier alpha value is -1.64. The van der Waals surface area contributed by atoms with Crippen molar-refractivity contribution in [2.75, 3.05) is 26.7 Å². The number of ether oxygens (including phenoxy) is 1. The van der Waals surface area contributed by atoms with Crippen LogP contribution in [0.1, 0.15) is 36.1 Å². The van der Waals surface area contributed by atoms with Gasteiger partial charge >= 0.3 is 0 Å². The Morgan fingerprint density at radius 3 is 2.18 bits per heavy atom. The molecule has 2 rings (SSSR count). The average Bonchev–Trinajstić information content (AvgIpc) is 2.54. The van der Waals surface area contributed by atoms with Crippen LogP contribution >= 0.6 is 0 Å². The van der Waals surface area contributed by atoms with E-state index < -0.39 is 0 Å². The molecule has 0 fully saturated rings. The van der Waals surface area contributed by atoms with Crippen molar-refractivity contribution < 1.29 is 4.74 Å². The van der Waals surface area contributed by atoms with Crippen LogP contribution in [0.3, 0.4) is 0 Å². The normalized spacial score (nSPS) is 12.5. The van der Waals surface area contributed by atoms with Crippen LogP contribution in [-0.2, 0) is 4.74 Å². The number of hydrogen-bond donors (Lipinski definition) is 0. The maximum atomic E-state index is 6.23. The highest BCUT2D eigenvalue weighted by atomic mass is 16.5. The van der Waals surface area contributed by atoms with E-state index in [1.807, 2.05) is 6.07 Å². The van der Waals surface area contributed by atoms with E-state index in [2.05, 4.69) is 74.3 Å². The Kier molecular flexibility index (Phi) is 6.63. The summed E-state index contributed by atoms with van der Waals surface area (Å²) in [5.74, 6) is 0. The third kappa shape index (κ3) is 4.97. The highest BCUT2D eigenvalue weighted by molar-refractivity contribution is 5.31. The summed E-state index contributed by atoms with van der Waals surface area (Å²) in [6, 6.07) is 19.1. The minimum absolute atomic E-state index is 0.0110.